The van der Waals surface area contributed by atoms with E-state index in [9.17, 15) is 14.4 Å². The highest BCUT2D eigenvalue weighted by Crippen LogP contribution is 2.69. The quantitative estimate of drug-likeness (QED) is 0.166. The Balaban J connectivity index is 1.16. The minimum atomic E-state index is -1.31. The SMILES string of the molecule is CC(C)[C@@H](C(=O)Nc1ccc(Oc2ccc(C(C)(C)C)cc2)cc1)N1C(=O)[C@H]2[C@H](C1=O)C1(Cl)c3ccccc3C2(Cl)c2ccccc21. The second kappa shape index (κ2) is 11.0. The first-order valence-corrected chi connectivity index (χ1v) is 16.7. The predicted molar refractivity (Wildman–Crippen MR) is 184 cm³/mol. The summed E-state index contributed by atoms with van der Waals surface area (Å²) >= 11 is 15.1. The number of anilines is 1. The fourth-order valence-corrected chi connectivity index (χ4v) is 8.76. The Morgan fingerprint density at radius 1 is 0.723 bits per heavy atom. The van der Waals surface area contributed by atoms with Crippen LogP contribution < -0.4 is 10.1 Å². The van der Waals surface area contributed by atoms with Crippen LogP contribution in [0.5, 0.6) is 11.5 Å². The third-order valence-electron chi connectivity index (χ3n) is 9.88. The molecule has 4 aromatic carbocycles. The number of benzene rings is 4. The number of halogens is 2. The van der Waals surface area contributed by atoms with E-state index in [1.54, 1.807) is 24.3 Å². The number of carbonyl (C=O) groups is 3. The second-order valence-electron chi connectivity index (χ2n) is 14.1. The first kappa shape index (κ1) is 31.5. The molecule has 4 aromatic rings. The van der Waals surface area contributed by atoms with Crippen molar-refractivity contribution in [3.63, 3.8) is 0 Å². The summed E-state index contributed by atoms with van der Waals surface area (Å²) in [6.07, 6.45) is 0. The van der Waals surface area contributed by atoms with Gasteiger partial charge in [-0.15, -0.1) is 23.2 Å². The van der Waals surface area contributed by atoms with E-state index in [1.165, 1.54) is 5.56 Å². The molecule has 240 valence electrons. The Kier molecular flexibility index (Phi) is 7.34. The van der Waals surface area contributed by atoms with Crippen LogP contribution in [0.3, 0.4) is 0 Å². The smallest absolute Gasteiger partial charge is 0.247 e. The molecule has 0 saturated carbocycles. The first-order valence-electron chi connectivity index (χ1n) is 15.9. The Labute approximate surface area is 285 Å². The maximum Gasteiger partial charge on any atom is 0.247 e. The average molecular weight is 668 g/mol. The van der Waals surface area contributed by atoms with Crippen LogP contribution in [0.1, 0.15) is 62.4 Å². The van der Waals surface area contributed by atoms with E-state index in [0.717, 1.165) is 27.2 Å². The van der Waals surface area contributed by atoms with Crippen molar-refractivity contribution < 1.29 is 19.1 Å². The summed E-state index contributed by atoms with van der Waals surface area (Å²) < 4.78 is 6.02. The molecule has 1 saturated heterocycles. The van der Waals surface area contributed by atoms with Crippen molar-refractivity contribution in [2.75, 3.05) is 5.32 Å². The number of likely N-dealkylation sites (tertiary alicyclic amines) is 1. The zero-order valence-electron chi connectivity index (χ0n) is 26.9. The fourth-order valence-electron chi connectivity index (χ4n) is 7.66. The van der Waals surface area contributed by atoms with Crippen LogP contribution in [-0.2, 0) is 29.5 Å². The van der Waals surface area contributed by atoms with E-state index in [1.807, 2.05) is 86.6 Å². The molecule has 8 heteroatoms. The van der Waals surface area contributed by atoms with Gasteiger partial charge >= 0.3 is 0 Å². The van der Waals surface area contributed by atoms with Crippen molar-refractivity contribution in [3.8, 4) is 11.5 Å². The maximum absolute atomic E-state index is 14.5. The number of amides is 3. The van der Waals surface area contributed by atoms with Gasteiger partial charge in [0.1, 0.15) is 27.3 Å². The molecular weight excluding hydrogens is 631 g/mol. The summed E-state index contributed by atoms with van der Waals surface area (Å²) in [6.45, 7) is 10.1. The molecule has 6 nitrogen and oxygen atoms in total. The number of hydrogen-bond donors (Lipinski definition) is 1. The molecule has 2 bridgehead atoms. The Bertz CT molecular complexity index is 1790. The molecule has 1 heterocycles. The molecule has 0 unspecified atom stereocenters. The van der Waals surface area contributed by atoms with Gasteiger partial charge in [-0.3, -0.25) is 19.3 Å². The molecule has 47 heavy (non-hydrogen) atoms. The lowest BCUT2D eigenvalue weighted by molar-refractivity contribution is -0.148. The lowest BCUT2D eigenvalue weighted by Gasteiger charge is -2.54. The largest absolute Gasteiger partial charge is 0.457 e. The minimum absolute atomic E-state index is 0.0426. The highest BCUT2D eigenvalue weighted by Gasteiger charge is 2.73. The van der Waals surface area contributed by atoms with Crippen molar-refractivity contribution in [2.24, 2.45) is 17.8 Å². The normalized spacial score (nSPS) is 24.9. The number of nitrogens with zero attached hydrogens (tertiary/aromatic N) is 1. The highest BCUT2D eigenvalue weighted by molar-refractivity contribution is 6.36. The van der Waals surface area contributed by atoms with E-state index in [0.29, 0.717) is 17.2 Å². The Hall–Kier alpha value is -4.13. The molecule has 1 aliphatic heterocycles. The van der Waals surface area contributed by atoms with Gasteiger partial charge in [0.05, 0.1) is 11.8 Å². The standard InChI is InChI=1S/C39H36Cl2N2O4/c1-22(2)33(34(44)42-24-16-20-26(21-17-24)47-25-18-14-23(15-19-25)37(3,4)5)43-35(45)31-32(36(43)46)39(41)28-11-7-6-10-27(28)38(31,40)29-12-8-9-13-30(29)39/h6-22,31-33H,1-5H3,(H,42,44)/t31-,32-,33+,38?,39?/m1/s1. The van der Waals surface area contributed by atoms with Crippen LogP contribution in [-0.4, -0.2) is 28.7 Å². The maximum atomic E-state index is 14.5. The van der Waals surface area contributed by atoms with Crippen LogP contribution >= 0.6 is 23.2 Å². The summed E-state index contributed by atoms with van der Waals surface area (Å²) in [5.41, 5.74) is 4.64. The number of ether oxygens (including phenoxy) is 1. The minimum Gasteiger partial charge on any atom is -0.457 e. The van der Waals surface area contributed by atoms with Gasteiger partial charge in [-0.1, -0.05) is 95.3 Å². The van der Waals surface area contributed by atoms with Gasteiger partial charge in [0.25, 0.3) is 0 Å². The van der Waals surface area contributed by atoms with Crippen molar-refractivity contribution in [1.82, 2.24) is 4.90 Å². The fraction of sp³-hybridized carbons (Fsp3) is 0.308. The van der Waals surface area contributed by atoms with Gasteiger partial charge in [-0.25, -0.2) is 0 Å². The van der Waals surface area contributed by atoms with Crippen molar-refractivity contribution >= 4 is 46.6 Å². The van der Waals surface area contributed by atoms with E-state index in [-0.39, 0.29) is 11.3 Å². The number of nitrogens with one attached hydrogen (secondary N) is 1. The summed E-state index contributed by atoms with van der Waals surface area (Å²) in [7, 11) is 0. The van der Waals surface area contributed by atoms with Gasteiger partial charge in [-0.05, 0) is 75.5 Å². The van der Waals surface area contributed by atoms with Crippen molar-refractivity contribution in [2.45, 2.75) is 55.8 Å². The van der Waals surface area contributed by atoms with Crippen LogP contribution in [0.4, 0.5) is 5.69 Å². The summed E-state index contributed by atoms with van der Waals surface area (Å²) in [5.74, 6) is -2.46. The number of imide groups is 1. The van der Waals surface area contributed by atoms with Gasteiger partial charge in [-0.2, -0.15) is 0 Å². The molecule has 1 N–H and O–H groups in total. The number of alkyl halides is 2. The summed E-state index contributed by atoms with van der Waals surface area (Å²) in [4.78, 5) is 41.4. The third-order valence-corrected chi connectivity index (χ3v) is 11.2. The number of rotatable bonds is 6. The molecule has 0 aromatic heterocycles. The third kappa shape index (κ3) is 4.63. The molecule has 0 radical (unpaired) electrons. The van der Waals surface area contributed by atoms with E-state index >= 15 is 0 Å². The molecule has 3 atom stereocenters. The monoisotopic (exact) mass is 666 g/mol. The first-order chi connectivity index (χ1) is 22.3. The Morgan fingerprint density at radius 3 is 1.51 bits per heavy atom. The van der Waals surface area contributed by atoms with Crippen LogP contribution in [0.2, 0.25) is 0 Å². The topological polar surface area (TPSA) is 75.7 Å². The van der Waals surface area contributed by atoms with Gasteiger partial charge in [0, 0.05) is 5.69 Å². The van der Waals surface area contributed by atoms with Gasteiger partial charge in [0.2, 0.25) is 17.7 Å². The molecule has 1 fully saturated rings. The number of carbonyl (C=O) groups excluding carboxylic acids is 3. The van der Waals surface area contributed by atoms with E-state index in [4.69, 9.17) is 27.9 Å². The van der Waals surface area contributed by atoms with Crippen LogP contribution in [0.25, 0.3) is 0 Å². The zero-order chi connectivity index (χ0) is 33.5. The summed E-state index contributed by atoms with van der Waals surface area (Å²) in [6, 6.07) is 28.9. The second-order valence-corrected chi connectivity index (χ2v) is 15.3. The van der Waals surface area contributed by atoms with E-state index < -0.39 is 45.3 Å². The van der Waals surface area contributed by atoms with Gasteiger partial charge < -0.3 is 10.1 Å². The molecule has 0 spiro atoms. The molecular formula is C39H36Cl2N2O4. The van der Waals surface area contributed by atoms with Gasteiger partial charge in [0.15, 0.2) is 0 Å². The molecule has 3 aliphatic carbocycles. The van der Waals surface area contributed by atoms with E-state index in [2.05, 4.69) is 26.1 Å². The zero-order valence-corrected chi connectivity index (χ0v) is 28.4. The molecule has 4 aliphatic rings. The lowest BCUT2D eigenvalue weighted by atomic mass is 9.54. The average Bonchev–Trinajstić information content (AvgIpc) is 3.31. The Morgan fingerprint density at radius 2 is 1.13 bits per heavy atom. The van der Waals surface area contributed by atoms with Crippen molar-refractivity contribution in [1.29, 1.82) is 0 Å². The number of hydrogen-bond acceptors (Lipinski definition) is 4. The lowest BCUT2D eigenvalue weighted by Crippen LogP contribution is -2.57. The summed E-state index contributed by atoms with van der Waals surface area (Å²) in [5, 5.41) is 2.92. The molecule has 8 rings (SSSR count). The van der Waals surface area contributed by atoms with Crippen LogP contribution in [0, 0.1) is 17.8 Å². The van der Waals surface area contributed by atoms with Crippen LogP contribution in [0.15, 0.2) is 97.1 Å². The highest BCUT2D eigenvalue weighted by atomic mass is 35.5. The predicted octanol–water partition coefficient (Wildman–Crippen LogP) is 8.33. The molecule has 3 amide bonds. The van der Waals surface area contributed by atoms with Crippen molar-refractivity contribution in [3.05, 3.63) is 125 Å².